The Morgan fingerprint density at radius 3 is 2.26 bits per heavy atom. The van der Waals surface area contributed by atoms with Gasteiger partial charge in [-0.15, -0.1) is 0 Å². The summed E-state index contributed by atoms with van der Waals surface area (Å²) in [5.74, 6) is -0.745. The summed E-state index contributed by atoms with van der Waals surface area (Å²) >= 11 is 0. The summed E-state index contributed by atoms with van der Waals surface area (Å²) in [5.41, 5.74) is 7.55. The summed E-state index contributed by atoms with van der Waals surface area (Å²) in [6.07, 6.45) is 5.89. The SMILES string of the molecule is NC(=O)C1CCN(C(=O)CN2C(=O)[C@@H]3CCCCN3c3ccc(C(=O)N4CCCC4)cc32)CC1. The molecule has 9 nitrogen and oxygen atoms in total. The van der Waals surface area contributed by atoms with Gasteiger partial charge in [0.25, 0.3) is 5.91 Å². The quantitative estimate of drug-likeness (QED) is 0.719. The van der Waals surface area contributed by atoms with E-state index >= 15 is 0 Å². The molecule has 3 fully saturated rings. The van der Waals surface area contributed by atoms with Crippen LogP contribution < -0.4 is 15.5 Å². The molecular weight excluding hydrogens is 434 g/mol. The maximum atomic E-state index is 13.6. The van der Waals surface area contributed by atoms with Crippen LogP contribution in [0.4, 0.5) is 11.4 Å². The van der Waals surface area contributed by atoms with E-state index in [1.54, 1.807) is 15.9 Å². The van der Waals surface area contributed by atoms with Crippen molar-refractivity contribution in [1.82, 2.24) is 9.80 Å². The fraction of sp³-hybridized carbons (Fsp3) is 0.600. The Bertz CT molecular complexity index is 997. The molecule has 0 saturated carbocycles. The number of hydrogen-bond donors (Lipinski definition) is 1. The molecule has 5 rings (SSSR count). The maximum absolute atomic E-state index is 13.6. The van der Waals surface area contributed by atoms with Gasteiger partial charge in [-0.2, -0.15) is 0 Å². The first-order valence-corrected chi connectivity index (χ1v) is 12.5. The Kier molecular flexibility index (Phi) is 6.18. The molecule has 2 N–H and O–H groups in total. The zero-order valence-electron chi connectivity index (χ0n) is 19.6. The Labute approximate surface area is 199 Å². The van der Waals surface area contributed by atoms with Crippen molar-refractivity contribution in [2.45, 2.75) is 51.0 Å². The van der Waals surface area contributed by atoms with Crippen molar-refractivity contribution in [3.8, 4) is 0 Å². The molecule has 4 aliphatic heterocycles. The molecule has 9 heteroatoms. The number of rotatable bonds is 4. The molecule has 182 valence electrons. The summed E-state index contributed by atoms with van der Waals surface area (Å²) < 4.78 is 0. The first-order chi connectivity index (χ1) is 16.4. The molecule has 0 aliphatic carbocycles. The number of carbonyl (C=O) groups excluding carboxylic acids is 4. The van der Waals surface area contributed by atoms with Crippen LogP contribution in [-0.2, 0) is 14.4 Å². The summed E-state index contributed by atoms with van der Waals surface area (Å²) in [6.45, 7) is 3.18. The predicted octanol–water partition coefficient (Wildman–Crippen LogP) is 1.35. The van der Waals surface area contributed by atoms with Crippen LogP contribution in [0.15, 0.2) is 18.2 Å². The van der Waals surface area contributed by atoms with E-state index in [2.05, 4.69) is 4.90 Å². The highest BCUT2D eigenvalue weighted by Crippen LogP contribution is 2.40. The molecule has 0 unspecified atom stereocenters. The first-order valence-electron chi connectivity index (χ1n) is 12.5. The summed E-state index contributed by atoms with van der Waals surface area (Å²) in [4.78, 5) is 58.6. The molecule has 0 aromatic heterocycles. The second-order valence-electron chi connectivity index (χ2n) is 9.89. The minimum atomic E-state index is -0.320. The number of fused-ring (bicyclic) bond motifs is 3. The van der Waals surface area contributed by atoms with E-state index < -0.39 is 0 Å². The maximum Gasteiger partial charge on any atom is 0.253 e. The van der Waals surface area contributed by atoms with Crippen LogP contribution in [0.5, 0.6) is 0 Å². The van der Waals surface area contributed by atoms with E-state index in [9.17, 15) is 19.2 Å². The number of benzene rings is 1. The average Bonchev–Trinajstić information content (AvgIpc) is 3.41. The zero-order chi connectivity index (χ0) is 23.8. The van der Waals surface area contributed by atoms with Crippen molar-refractivity contribution in [2.75, 3.05) is 49.1 Å². The van der Waals surface area contributed by atoms with Crippen LogP contribution in [0.2, 0.25) is 0 Å². The summed E-state index contributed by atoms with van der Waals surface area (Å²) in [7, 11) is 0. The topological polar surface area (TPSA) is 107 Å². The molecule has 0 bridgehead atoms. The number of primary amides is 1. The van der Waals surface area contributed by atoms with E-state index in [0.29, 0.717) is 37.2 Å². The van der Waals surface area contributed by atoms with Gasteiger partial charge in [-0.1, -0.05) is 0 Å². The number of likely N-dealkylation sites (tertiary alicyclic amines) is 2. The van der Waals surface area contributed by atoms with Gasteiger partial charge < -0.3 is 20.4 Å². The lowest BCUT2D eigenvalue weighted by Crippen LogP contribution is -2.57. The highest BCUT2D eigenvalue weighted by molar-refractivity contribution is 6.10. The van der Waals surface area contributed by atoms with Crippen molar-refractivity contribution in [3.05, 3.63) is 23.8 Å². The third kappa shape index (κ3) is 4.12. The Hall–Kier alpha value is -3.10. The third-order valence-corrected chi connectivity index (χ3v) is 7.81. The molecule has 4 aliphatic rings. The van der Waals surface area contributed by atoms with E-state index in [4.69, 9.17) is 5.73 Å². The second-order valence-corrected chi connectivity index (χ2v) is 9.89. The van der Waals surface area contributed by atoms with Crippen LogP contribution in [0, 0.1) is 5.92 Å². The second kappa shape index (κ2) is 9.27. The van der Waals surface area contributed by atoms with Gasteiger partial charge in [0.1, 0.15) is 12.6 Å². The number of nitrogens with zero attached hydrogens (tertiary/aromatic N) is 4. The number of anilines is 2. The molecule has 1 aromatic carbocycles. The largest absolute Gasteiger partial charge is 0.369 e. The molecule has 0 radical (unpaired) electrons. The van der Waals surface area contributed by atoms with E-state index in [0.717, 1.165) is 57.4 Å². The van der Waals surface area contributed by atoms with Gasteiger partial charge >= 0.3 is 0 Å². The minimum Gasteiger partial charge on any atom is -0.369 e. The molecule has 4 amide bonds. The molecule has 1 atom stereocenters. The van der Waals surface area contributed by atoms with Gasteiger partial charge in [0.2, 0.25) is 17.7 Å². The fourth-order valence-corrected chi connectivity index (χ4v) is 5.81. The van der Waals surface area contributed by atoms with Crippen molar-refractivity contribution in [3.63, 3.8) is 0 Å². The van der Waals surface area contributed by atoms with Gasteiger partial charge in [-0.05, 0) is 63.1 Å². The number of piperidine rings is 2. The molecule has 34 heavy (non-hydrogen) atoms. The molecule has 0 spiro atoms. The number of amides is 4. The van der Waals surface area contributed by atoms with Gasteiger partial charge in [0.15, 0.2) is 0 Å². The van der Waals surface area contributed by atoms with Crippen LogP contribution in [0.25, 0.3) is 0 Å². The van der Waals surface area contributed by atoms with Crippen molar-refractivity contribution >= 4 is 35.0 Å². The molecule has 4 heterocycles. The first kappa shape index (κ1) is 22.7. The lowest BCUT2D eigenvalue weighted by molar-refractivity contribution is -0.134. The highest BCUT2D eigenvalue weighted by Gasteiger charge is 2.41. The smallest absolute Gasteiger partial charge is 0.253 e. The monoisotopic (exact) mass is 467 g/mol. The van der Waals surface area contributed by atoms with Crippen LogP contribution in [0.3, 0.4) is 0 Å². The normalized spacial score (nSPS) is 23.1. The standard InChI is InChI=1S/C25H33N5O4/c26-23(32)17-8-13-27(14-9-17)22(31)16-30-21-15-18(24(33)28-10-3-4-11-28)6-7-19(21)29-12-2-1-5-20(29)25(30)34/h6-7,15,17,20H,1-5,8-14,16H2,(H2,26,32)/t20-/m0/s1. The third-order valence-electron chi connectivity index (χ3n) is 7.81. The highest BCUT2D eigenvalue weighted by atomic mass is 16.2. The summed E-state index contributed by atoms with van der Waals surface area (Å²) in [6, 6.07) is 5.33. The Morgan fingerprint density at radius 2 is 1.56 bits per heavy atom. The fourth-order valence-electron chi connectivity index (χ4n) is 5.81. The Morgan fingerprint density at radius 1 is 0.853 bits per heavy atom. The predicted molar refractivity (Wildman–Crippen MR) is 127 cm³/mol. The summed E-state index contributed by atoms with van der Waals surface area (Å²) in [5, 5.41) is 0. The average molecular weight is 468 g/mol. The van der Waals surface area contributed by atoms with Crippen molar-refractivity contribution < 1.29 is 19.2 Å². The van der Waals surface area contributed by atoms with Gasteiger partial charge in [-0.3, -0.25) is 24.1 Å². The zero-order valence-corrected chi connectivity index (χ0v) is 19.6. The van der Waals surface area contributed by atoms with E-state index in [1.807, 2.05) is 17.0 Å². The van der Waals surface area contributed by atoms with Crippen LogP contribution in [-0.4, -0.2) is 78.7 Å². The van der Waals surface area contributed by atoms with Gasteiger partial charge in [0.05, 0.1) is 11.4 Å². The molecule has 1 aromatic rings. The van der Waals surface area contributed by atoms with Crippen molar-refractivity contribution in [2.24, 2.45) is 11.7 Å². The van der Waals surface area contributed by atoms with Crippen LogP contribution in [0.1, 0.15) is 55.3 Å². The Balaban J connectivity index is 1.41. The lowest BCUT2D eigenvalue weighted by Gasteiger charge is -2.45. The van der Waals surface area contributed by atoms with E-state index in [1.165, 1.54) is 0 Å². The molecule has 3 saturated heterocycles. The van der Waals surface area contributed by atoms with Crippen LogP contribution >= 0.6 is 0 Å². The van der Waals surface area contributed by atoms with E-state index in [-0.39, 0.29) is 42.1 Å². The number of carbonyl (C=O) groups is 4. The minimum absolute atomic E-state index is 0.0201. The van der Waals surface area contributed by atoms with Crippen molar-refractivity contribution in [1.29, 1.82) is 0 Å². The molecular formula is C25H33N5O4. The van der Waals surface area contributed by atoms with Gasteiger partial charge in [0, 0.05) is 44.2 Å². The lowest BCUT2D eigenvalue weighted by atomic mass is 9.94. The number of nitrogens with two attached hydrogens (primary N) is 1. The van der Waals surface area contributed by atoms with Gasteiger partial charge in [-0.25, -0.2) is 0 Å². The number of hydrogen-bond acceptors (Lipinski definition) is 5.